The Morgan fingerprint density at radius 3 is 2.80 bits per heavy atom. The molecule has 0 bridgehead atoms. The highest BCUT2D eigenvalue weighted by molar-refractivity contribution is 5.96. The molecule has 2 aromatic rings. The van der Waals surface area contributed by atoms with Crippen LogP contribution in [0.4, 0.5) is 0 Å². The van der Waals surface area contributed by atoms with Crippen LogP contribution < -0.4 is 5.32 Å². The molecule has 25 heavy (non-hydrogen) atoms. The average molecular weight is 336 g/mol. The highest BCUT2D eigenvalue weighted by Crippen LogP contribution is 2.26. The van der Waals surface area contributed by atoms with Crippen molar-refractivity contribution < 1.29 is 14.7 Å². The monoisotopic (exact) mass is 336 g/mol. The number of piperazine rings is 1. The molecule has 128 valence electrons. The van der Waals surface area contributed by atoms with Gasteiger partial charge in [0.1, 0.15) is 11.8 Å². The molecule has 2 amide bonds. The molecule has 1 saturated heterocycles. The molecule has 0 spiro atoms. The number of benzene rings is 2. The van der Waals surface area contributed by atoms with Gasteiger partial charge in [-0.1, -0.05) is 36.4 Å². The van der Waals surface area contributed by atoms with Gasteiger partial charge in [-0.25, -0.2) is 0 Å². The molecule has 0 aromatic heterocycles. The summed E-state index contributed by atoms with van der Waals surface area (Å²) in [4.78, 5) is 26.7. The van der Waals surface area contributed by atoms with E-state index < -0.39 is 6.04 Å². The number of rotatable bonds is 3. The molecule has 0 radical (unpaired) electrons. The van der Waals surface area contributed by atoms with Crippen LogP contribution in [0.1, 0.15) is 22.7 Å². The van der Waals surface area contributed by atoms with Crippen LogP contribution >= 0.6 is 0 Å². The maximum Gasteiger partial charge on any atom is 0.247 e. The first kappa shape index (κ1) is 16.8. The van der Waals surface area contributed by atoms with E-state index >= 15 is 0 Å². The van der Waals surface area contributed by atoms with E-state index in [0.717, 1.165) is 16.7 Å². The molecular weight excluding hydrogens is 316 g/mol. The van der Waals surface area contributed by atoms with Crippen molar-refractivity contribution in [2.45, 2.75) is 13.0 Å². The summed E-state index contributed by atoms with van der Waals surface area (Å²) in [5, 5.41) is 12.3. The molecule has 3 rings (SSSR count). The van der Waals surface area contributed by atoms with Crippen molar-refractivity contribution in [2.24, 2.45) is 0 Å². The Morgan fingerprint density at radius 2 is 2.04 bits per heavy atom. The fourth-order valence-electron chi connectivity index (χ4n) is 3.00. The fraction of sp³-hybridized carbons (Fsp3) is 0.200. The second kappa shape index (κ2) is 7.21. The number of phenolic OH excluding ortho intramolecular Hbond substituents is 1. The van der Waals surface area contributed by atoms with E-state index in [2.05, 4.69) is 5.32 Å². The van der Waals surface area contributed by atoms with Gasteiger partial charge in [0, 0.05) is 19.2 Å². The lowest BCUT2D eigenvalue weighted by Gasteiger charge is -2.35. The third-order valence-corrected chi connectivity index (χ3v) is 4.27. The Balaban J connectivity index is 1.86. The number of hydrogen-bond donors (Lipinski definition) is 2. The number of hydrogen-bond acceptors (Lipinski definition) is 3. The lowest BCUT2D eigenvalue weighted by atomic mass is 9.97. The summed E-state index contributed by atoms with van der Waals surface area (Å²) in [5.74, 6) is -0.254. The minimum absolute atomic E-state index is 0.143. The zero-order valence-corrected chi connectivity index (χ0v) is 14.0. The number of nitrogens with one attached hydrogen (secondary N) is 1. The van der Waals surface area contributed by atoms with Crippen molar-refractivity contribution >= 4 is 17.9 Å². The van der Waals surface area contributed by atoms with Gasteiger partial charge in [-0.3, -0.25) is 9.59 Å². The molecule has 1 fully saturated rings. The minimum atomic E-state index is -0.628. The van der Waals surface area contributed by atoms with Crippen LogP contribution in [-0.2, 0) is 9.59 Å². The van der Waals surface area contributed by atoms with Crippen LogP contribution in [0.5, 0.6) is 5.75 Å². The summed E-state index contributed by atoms with van der Waals surface area (Å²) in [6.07, 6.45) is 3.09. The normalized spacial score (nSPS) is 17.6. The number of carbonyl (C=O) groups is 2. The smallest absolute Gasteiger partial charge is 0.247 e. The highest BCUT2D eigenvalue weighted by atomic mass is 16.3. The van der Waals surface area contributed by atoms with Gasteiger partial charge < -0.3 is 15.3 Å². The van der Waals surface area contributed by atoms with Gasteiger partial charge in [0.25, 0.3) is 0 Å². The largest absolute Gasteiger partial charge is 0.508 e. The van der Waals surface area contributed by atoms with Crippen molar-refractivity contribution in [3.05, 3.63) is 71.3 Å². The standard InChI is InChI=1S/C20H20N2O3/c1-14-5-2-3-8-17(14)19-20(25)21-11-12-22(19)18(24)10-9-15-6-4-7-16(23)13-15/h2-10,13,19,23H,11-12H2,1H3,(H,21,25). The summed E-state index contributed by atoms with van der Waals surface area (Å²) in [6, 6.07) is 13.6. The molecule has 0 aliphatic carbocycles. The first-order valence-electron chi connectivity index (χ1n) is 8.17. The maximum atomic E-state index is 12.7. The van der Waals surface area contributed by atoms with Crippen molar-refractivity contribution in [1.82, 2.24) is 10.2 Å². The number of aryl methyl sites for hydroxylation is 1. The zero-order chi connectivity index (χ0) is 17.8. The van der Waals surface area contributed by atoms with Crippen molar-refractivity contribution in [1.29, 1.82) is 0 Å². The van der Waals surface area contributed by atoms with Crippen LogP contribution in [0.3, 0.4) is 0 Å². The Kier molecular flexibility index (Phi) is 4.84. The fourth-order valence-corrected chi connectivity index (χ4v) is 3.00. The van der Waals surface area contributed by atoms with Gasteiger partial charge in [-0.05, 0) is 41.8 Å². The summed E-state index contributed by atoms with van der Waals surface area (Å²) >= 11 is 0. The SMILES string of the molecule is Cc1ccccc1C1C(=O)NCCN1C(=O)C=Cc1cccc(O)c1. The van der Waals surface area contributed by atoms with E-state index in [9.17, 15) is 14.7 Å². The maximum absolute atomic E-state index is 12.7. The van der Waals surface area contributed by atoms with Crippen molar-refractivity contribution in [2.75, 3.05) is 13.1 Å². The van der Waals surface area contributed by atoms with Crippen LogP contribution in [0.15, 0.2) is 54.6 Å². The Morgan fingerprint density at radius 1 is 1.24 bits per heavy atom. The predicted octanol–water partition coefficient (Wildman–Crippen LogP) is 2.41. The number of nitrogens with zero attached hydrogens (tertiary/aromatic N) is 1. The van der Waals surface area contributed by atoms with E-state index in [1.54, 1.807) is 35.2 Å². The molecule has 5 heteroatoms. The molecule has 5 nitrogen and oxygen atoms in total. The molecule has 2 aromatic carbocycles. The quantitative estimate of drug-likeness (QED) is 0.846. The Hall–Kier alpha value is -3.08. The summed E-state index contributed by atoms with van der Waals surface area (Å²) in [5.41, 5.74) is 2.53. The van der Waals surface area contributed by atoms with E-state index in [4.69, 9.17) is 0 Å². The molecular formula is C20H20N2O3. The zero-order valence-electron chi connectivity index (χ0n) is 14.0. The van der Waals surface area contributed by atoms with E-state index in [1.807, 2.05) is 31.2 Å². The lowest BCUT2D eigenvalue weighted by Crippen LogP contribution is -2.51. The van der Waals surface area contributed by atoms with Gasteiger partial charge in [0.05, 0.1) is 0 Å². The van der Waals surface area contributed by atoms with Gasteiger partial charge in [-0.15, -0.1) is 0 Å². The summed E-state index contributed by atoms with van der Waals surface area (Å²) < 4.78 is 0. The second-order valence-electron chi connectivity index (χ2n) is 6.01. The van der Waals surface area contributed by atoms with Crippen LogP contribution in [-0.4, -0.2) is 34.9 Å². The van der Waals surface area contributed by atoms with Crippen molar-refractivity contribution in [3.63, 3.8) is 0 Å². The predicted molar refractivity (Wildman–Crippen MR) is 95.8 cm³/mol. The first-order valence-corrected chi connectivity index (χ1v) is 8.17. The topological polar surface area (TPSA) is 69.6 Å². The number of phenols is 1. The van der Waals surface area contributed by atoms with Crippen LogP contribution in [0.2, 0.25) is 0 Å². The molecule has 1 unspecified atom stereocenters. The number of amides is 2. The Labute approximate surface area is 146 Å². The minimum Gasteiger partial charge on any atom is -0.508 e. The van der Waals surface area contributed by atoms with E-state index in [-0.39, 0.29) is 17.6 Å². The third-order valence-electron chi connectivity index (χ3n) is 4.27. The van der Waals surface area contributed by atoms with Gasteiger partial charge in [-0.2, -0.15) is 0 Å². The third kappa shape index (κ3) is 3.71. The first-order chi connectivity index (χ1) is 12.1. The van der Waals surface area contributed by atoms with Gasteiger partial charge in [0.15, 0.2) is 0 Å². The van der Waals surface area contributed by atoms with E-state index in [0.29, 0.717) is 13.1 Å². The number of carbonyl (C=O) groups excluding carboxylic acids is 2. The molecule has 1 aliphatic rings. The summed E-state index contributed by atoms with van der Waals surface area (Å²) in [7, 11) is 0. The van der Waals surface area contributed by atoms with Gasteiger partial charge in [0.2, 0.25) is 11.8 Å². The Bertz CT molecular complexity index is 829. The van der Waals surface area contributed by atoms with Crippen molar-refractivity contribution in [3.8, 4) is 5.75 Å². The number of aromatic hydroxyl groups is 1. The molecule has 0 saturated carbocycles. The lowest BCUT2D eigenvalue weighted by molar-refractivity contribution is -0.140. The van der Waals surface area contributed by atoms with Gasteiger partial charge >= 0.3 is 0 Å². The highest BCUT2D eigenvalue weighted by Gasteiger charge is 2.34. The average Bonchev–Trinajstić information content (AvgIpc) is 2.60. The van der Waals surface area contributed by atoms with Crippen LogP contribution in [0.25, 0.3) is 6.08 Å². The van der Waals surface area contributed by atoms with Crippen LogP contribution in [0, 0.1) is 6.92 Å². The molecule has 1 atom stereocenters. The van der Waals surface area contributed by atoms with E-state index in [1.165, 1.54) is 6.08 Å². The second-order valence-corrected chi connectivity index (χ2v) is 6.01. The molecule has 1 aliphatic heterocycles. The molecule has 1 heterocycles. The summed E-state index contributed by atoms with van der Waals surface area (Å²) in [6.45, 7) is 2.82. The molecule has 2 N–H and O–H groups in total.